The van der Waals surface area contributed by atoms with E-state index in [-0.39, 0.29) is 11.8 Å². The van der Waals surface area contributed by atoms with Crippen LogP contribution in [0.25, 0.3) is 0 Å². The fourth-order valence-electron chi connectivity index (χ4n) is 1.26. The average Bonchev–Trinajstić information content (AvgIpc) is 1.98. The maximum absolute atomic E-state index is 11.4. The van der Waals surface area contributed by atoms with Gasteiger partial charge in [-0.1, -0.05) is 34.6 Å². The summed E-state index contributed by atoms with van der Waals surface area (Å²) in [7, 11) is 0. The van der Waals surface area contributed by atoms with Crippen LogP contribution in [0.2, 0.25) is 0 Å². The van der Waals surface area contributed by atoms with Crippen LogP contribution < -0.4 is 5.73 Å². The third-order valence-electron chi connectivity index (χ3n) is 1.92. The fraction of sp³-hybridized carbons (Fsp3) is 0.833. The van der Waals surface area contributed by atoms with E-state index >= 15 is 0 Å². The van der Waals surface area contributed by atoms with Crippen molar-refractivity contribution < 1.29 is 14.3 Å². The zero-order chi connectivity index (χ0) is 12.9. The minimum absolute atomic E-state index is 0.181. The molecule has 4 heteroatoms. The molecule has 0 fully saturated rings. The number of hydrogen-bond acceptors (Lipinski definition) is 4. The van der Waals surface area contributed by atoms with Crippen LogP contribution in [0.4, 0.5) is 0 Å². The van der Waals surface area contributed by atoms with Gasteiger partial charge in [0.05, 0.1) is 6.42 Å². The SMILES string of the molecule is CC(C)C[C@H](N)C(=O)OC(=O)CC(C)(C)C. The number of esters is 2. The van der Waals surface area contributed by atoms with E-state index in [9.17, 15) is 9.59 Å². The maximum atomic E-state index is 11.4. The Kier molecular flexibility index (Phi) is 5.65. The van der Waals surface area contributed by atoms with Crippen LogP contribution >= 0.6 is 0 Å². The molecule has 0 radical (unpaired) electrons. The highest BCUT2D eigenvalue weighted by Crippen LogP contribution is 2.19. The maximum Gasteiger partial charge on any atom is 0.330 e. The topological polar surface area (TPSA) is 69.4 Å². The Balaban J connectivity index is 4.10. The van der Waals surface area contributed by atoms with Gasteiger partial charge in [-0.3, -0.25) is 4.79 Å². The summed E-state index contributed by atoms with van der Waals surface area (Å²) in [4.78, 5) is 22.8. The lowest BCUT2D eigenvalue weighted by Crippen LogP contribution is -2.35. The van der Waals surface area contributed by atoms with Crippen LogP contribution in [-0.2, 0) is 14.3 Å². The van der Waals surface area contributed by atoms with E-state index in [2.05, 4.69) is 4.74 Å². The Morgan fingerprint density at radius 3 is 2.12 bits per heavy atom. The monoisotopic (exact) mass is 229 g/mol. The van der Waals surface area contributed by atoms with Crippen molar-refractivity contribution in [3.63, 3.8) is 0 Å². The number of hydrogen-bond donors (Lipinski definition) is 1. The summed E-state index contributed by atoms with van der Waals surface area (Å²) in [5, 5.41) is 0. The van der Waals surface area contributed by atoms with Gasteiger partial charge in [0.25, 0.3) is 0 Å². The number of rotatable bonds is 4. The molecule has 0 bridgehead atoms. The lowest BCUT2D eigenvalue weighted by Gasteiger charge is -2.17. The van der Waals surface area contributed by atoms with Crippen molar-refractivity contribution in [3.05, 3.63) is 0 Å². The summed E-state index contributed by atoms with van der Waals surface area (Å²) >= 11 is 0. The Morgan fingerprint density at radius 1 is 1.25 bits per heavy atom. The van der Waals surface area contributed by atoms with E-state index in [0.717, 1.165) is 0 Å². The molecule has 16 heavy (non-hydrogen) atoms. The molecular weight excluding hydrogens is 206 g/mol. The molecule has 0 aromatic rings. The molecule has 0 saturated heterocycles. The molecule has 1 atom stereocenters. The van der Waals surface area contributed by atoms with Gasteiger partial charge in [0, 0.05) is 0 Å². The minimum Gasteiger partial charge on any atom is -0.392 e. The smallest absolute Gasteiger partial charge is 0.330 e. The van der Waals surface area contributed by atoms with Crippen molar-refractivity contribution in [2.45, 2.75) is 53.5 Å². The molecular formula is C12H23NO3. The first kappa shape index (κ1) is 15.1. The standard InChI is InChI=1S/C12H23NO3/c1-8(2)6-9(13)11(15)16-10(14)7-12(3,4)5/h8-9H,6-7,13H2,1-5H3/t9-/m0/s1. The van der Waals surface area contributed by atoms with Crippen molar-refractivity contribution in [1.82, 2.24) is 0 Å². The summed E-state index contributed by atoms with van der Waals surface area (Å²) in [6, 6.07) is -0.705. The van der Waals surface area contributed by atoms with Gasteiger partial charge >= 0.3 is 11.9 Å². The van der Waals surface area contributed by atoms with Gasteiger partial charge < -0.3 is 10.5 Å². The normalized spacial score (nSPS) is 13.7. The predicted molar refractivity (Wildman–Crippen MR) is 62.6 cm³/mol. The lowest BCUT2D eigenvalue weighted by molar-refractivity contribution is -0.162. The van der Waals surface area contributed by atoms with Crippen molar-refractivity contribution in [1.29, 1.82) is 0 Å². The molecule has 0 aliphatic carbocycles. The zero-order valence-corrected chi connectivity index (χ0v) is 10.9. The largest absolute Gasteiger partial charge is 0.392 e. The van der Waals surface area contributed by atoms with Crippen molar-refractivity contribution in [2.24, 2.45) is 17.1 Å². The Labute approximate surface area is 97.5 Å². The van der Waals surface area contributed by atoms with Crippen LogP contribution in [0.3, 0.4) is 0 Å². The van der Waals surface area contributed by atoms with Crippen molar-refractivity contribution in [2.75, 3.05) is 0 Å². The quantitative estimate of drug-likeness (QED) is 0.590. The summed E-state index contributed by atoms with van der Waals surface area (Å²) < 4.78 is 4.69. The van der Waals surface area contributed by atoms with Crippen LogP contribution in [-0.4, -0.2) is 18.0 Å². The van der Waals surface area contributed by atoms with E-state index in [1.165, 1.54) is 0 Å². The van der Waals surface area contributed by atoms with Gasteiger partial charge in [-0.15, -0.1) is 0 Å². The molecule has 0 spiro atoms. The van der Waals surface area contributed by atoms with Crippen LogP contribution in [0.1, 0.15) is 47.5 Å². The van der Waals surface area contributed by atoms with E-state index in [0.29, 0.717) is 12.3 Å². The molecule has 0 amide bonds. The molecule has 0 aliphatic rings. The summed E-state index contributed by atoms with van der Waals surface area (Å²) in [6.07, 6.45) is 0.745. The van der Waals surface area contributed by atoms with E-state index in [1.54, 1.807) is 0 Å². The molecule has 0 rings (SSSR count). The second-order valence-corrected chi connectivity index (χ2v) is 5.77. The number of carbonyl (C=O) groups is 2. The lowest BCUT2D eigenvalue weighted by atomic mass is 9.92. The fourth-order valence-corrected chi connectivity index (χ4v) is 1.26. The highest BCUT2D eigenvalue weighted by molar-refractivity contribution is 5.88. The van der Waals surface area contributed by atoms with Gasteiger partial charge in [-0.2, -0.15) is 0 Å². The highest BCUT2D eigenvalue weighted by atomic mass is 16.6. The summed E-state index contributed by atoms with van der Waals surface area (Å²) in [5.74, 6) is -0.820. The second-order valence-electron chi connectivity index (χ2n) is 5.77. The summed E-state index contributed by atoms with van der Waals surface area (Å²) in [5.41, 5.74) is 5.42. The van der Waals surface area contributed by atoms with E-state index < -0.39 is 18.0 Å². The van der Waals surface area contributed by atoms with Gasteiger partial charge in [0.15, 0.2) is 0 Å². The van der Waals surface area contributed by atoms with Gasteiger partial charge in [-0.25, -0.2) is 4.79 Å². The molecule has 94 valence electrons. The molecule has 0 heterocycles. The number of carbonyl (C=O) groups excluding carboxylic acids is 2. The van der Waals surface area contributed by atoms with Crippen LogP contribution in [0, 0.1) is 11.3 Å². The van der Waals surface area contributed by atoms with Crippen molar-refractivity contribution >= 4 is 11.9 Å². The minimum atomic E-state index is -0.705. The molecule has 0 aromatic carbocycles. The molecule has 4 nitrogen and oxygen atoms in total. The van der Waals surface area contributed by atoms with Crippen molar-refractivity contribution in [3.8, 4) is 0 Å². The predicted octanol–water partition coefficient (Wildman–Crippen LogP) is 1.87. The first-order valence-corrected chi connectivity index (χ1v) is 5.62. The van der Waals surface area contributed by atoms with Crippen LogP contribution in [0.5, 0.6) is 0 Å². The number of ether oxygens (including phenoxy) is 1. The Morgan fingerprint density at radius 2 is 1.75 bits per heavy atom. The van der Waals surface area contributed by atoms with Gasteiger partial charge in [0.1, 0.15) is 6.04 Å². The van der Waals surface area contributed by atoms with Crippen LogP contribution in [0.15, 0.2) is 0 Å². The molecule has 0 unspecified atom stereocenters. The second kappa shape index (κ2) is 5.99. The molecule has 0 aliphatic heterocycles. The first-order valence-electron chi connectivity index (χ1n) is 5.62. The summed E-state index contributed by atoms with van der Waals surface area (Å²) in [6.45, 7) is 9.65. The first-order chi connectivity index (χ1) is 7.11. The molecule has 0 aromatic heterocycles. The third kappa shape index (κ3) is 7.40. The molecule has 2 N–H and O–H groups in total. The third-order valence-corrected chi connectivity index (χ3v) is 1.92. The Hall–Kier alpha value is -0.900. The molecule has 0 saturated carbocycles. The van der Waals surface area contributed by atoms with E-state index in [4.69, 9.17) is 5.73 Å². The number of nitrogens with two attached hydrogens (primary N) is 1. The zero-order valence-electron chi connectivity index (χ0n) is 10.9. The van der Waals surface area contributed by atoms with Gasteiger partial charge in [-0.05, 0) is 17.8 Å². The highest BCUT2D eigenvalue weighted by Gasteiger charge is 2.23. The average molecular weight is 229 g/mol. The van der Waals surface area contributed by atoms with Gasteiger partial charge in [0.2, 0.25) is 0 Å². The Bertz CT molecular complexity index is 253. The van der Waals surface area contributed by atoms with E-state index in [1.807, 2.05) is 34.6 Å².